The summed E-state index contributed by atoms with van der Waals surface area (Å²) < 4.78 is 2.08. The third kappa shape index (κ3) is 4.43. The number of aromatic hydroxyl groups is 1. The Morgan fingerprint density at radius 1 is 0.688 bits per heavy atom. The maximum absolute atomic E-state index is 10.6. The Hall–Kier alpha value is -4.22. The van der Waals surface area contributed by atoms with Crippen LogP contribution in [0.5, 0.6) is 5.75 Å². The molecule has 5 aromatic rings. The third-order valence-electron chi connectivity index (χ3n) is 5.64. The van der Waals surface area contributed by atoms with Gasteiger partial charge in [-0.2, -0.15) is 0 Å². The molecule has 0 spiro atoms. The zero-order valence-electron chi connectivity index (χ0n) is 17.7. The van der Waals surface area contributed by atoms with E-state index in [4.69, 9.17) is 0 Å². The molecule has 0 aliphatic heterocycles. The van der Waals surface area contributed by atoms with Gasteiger partial charge in [0, 0.05) is 36.5 Å². The topological polar surface area (TPSA) is 25.2 Å². The normalized spacial score (nSPS) is 10.6. The molecule has 0 radical (unpaired) electrons. The van der Waals surface area contributed by atoms with Crippen molar-refractivity contribution in [2.24, 2.45) is 0 Å². The minimum atomic E-state index is 0.329. The van der Waals surface area contributed by atoms with Crippen LogP contribution in [0, 0.1) is 11.8 Å². The van der Waals surface area contributed by atoms with Crippen molar-refractivity contribution in [3.8, 4) is 23.3 Å². The number of fused-ring (bicyclic) bond motifs is 1. The van der Waals surface area contributed by atoms with Crippen molar-refractivity contribution in [2.75, 3.05) is 0 Å². The van der Waals surface area contributed by atoms with Crippen molar-refractivity contribution < 1.29 is 5.11 Å². The summed E-state index contributed by atoms with van der Waals surface area (Å²) >= 11 is 0. The molecule has 154 valence electrons. The fraction of sp³-hybridized carbons (Fsp3) is 0.0667. The van der Waals surface area contributed by atoms with Gasteiger partial charge in [0.2, 0.25) is 0 Å². The second-order valence-corrected chi connectivity index (χ2v) is 7.94. The number of rotatable bonds is 4. The number of phenols is 1. The van der Waals surface area contributed by atoms with Crippen LogP contribution in [-0.2, 0) is 12.8 Å². The smallest absolute Gasteiger partial charge is 0.119 e. The van der Waals surface area contributed by atoms with Crippen molar-refractivity contribution >= 4 is 10.8 Å². The molecule has 1 heterocycles. The predicted octanol–water partition coefficient (Wildman–Crippen LogP) is 6.52. The first-order valence-corrected chi connectivity index (χ1v) is 10.8. The lowest BCUT2D eigenvalue weighted by molar-refractivity contribution is 0.470. The van der Waals surface area contributed by atoms with Gasteiger partial charge in [-0.25, -0.2) is 0 Å². The Morgan fingerprint density at radius 3 is 2.25 bits per heavy atom. The van der Waals surface area contributed by atoms with E-state index in [0.717, 1.165) is 39.6 Å². The van der Waals surface area contributed by atoms with E-state index < -0.39 is 0 Å². The molecule has 2 nitrogen and oxygen atoms in total. The average molecular weight is 414 g/mol. The van der Waals surface area contributed by atoms with Gasteiger partial charge in [0.1, 0.15) is 5.75 Å². The van der Waals surface area contributed by atoms with Gasteiger partial charge < -0.3 is 9.67 Å². The van der Waals surface area contributed by atoms with Crippen LogP contribution in [0.2, 0.25) is 0 Å². The molecule has 5 rings (SSSR count). The molecule has 0 atom stereocenters. The van der Waals surface area contributed by atoms with Crippen LogP contribution in [0.1, 0.15) is 22.3 Å². The van der Waals surface area contributed by atoms with E-state index >= 15 is 0 Å². The molecule has 32 heavy (non-hydrogen) atoms. The van der Waals surface area contributed by atoms with Gasteiger partial charge in [-0.05, 0) is 76.0 Å². The number of phenolic OH excluding ortho intramolecular Hbond substituents is 1. The number of benzene rings is 4. The SMILES string of the molecule is Oc1cc2ccc(C#CCc3ccccc3)cc2cc1Cc1ccc(-n2cccc2)cc1. The van der Waals surface area contributed by atoms with Crippen molar-refractivity contribution in [3.63, 3.8) is 0 Å². The lowest BCUT2D eigenvalue weighted by Crippen LogP contribution is -1.93. The van der Waals surface area contributed by atoms with E-state index in [1.54, 1.807) is 0 Å². The zero-order chi connectivity index (χ0) is 21.8. The average Bonchev–Trinajstić information content (AvgIpc) is 3.36. The van der Waals surface area contributed by atoms with E-state index in [2.05, 4.69) is 64.9 Å². The summed E-state index contributed by atoms with van der Waals surface area (Å²) in [5.41, 5.74) is 5.41. The van der Waals surface area contributed by atoms with Crippen LogP contribution in [0.25, 0.3) is 16.5 Å². The first-order chi connectivity index (χ1) is 15.7. The maximum atomic E-state index is 10.6. The Bertz CT molecular complexity index is 1400. The summed E-state index contributed by atoms with van der Waals surface area (Å²) in [4.78, 5) is 0. The molecule has 0 saturated heterocycles. The summed E-state index contributed by atoms with van der Waals surface area (Å²) in [6, 6.07) is 32.8. The van der Waals surface area contributed by atoms with Crippen LogP contribution in [0.15, 0.2) is 109 Å². The molecular weight excluding hydrogens is 390 g/mol. The van der Waals surface area contributed by atoms with Gasteiger partial charge in [-0.15, -0.1) is 0 Å². The highest BCUT2D eigenvalue weighted by atomic mass is 16.3. The molecule has 0 saturated carbocycles. The highest BCUT2D eigenvalue weighted by molar-refractivity contribution is 5.86. The fourth-order valence-corrected chi connectivity index (χ4v) is 3.91. The molecule has 0 amide bonds. The van der Waals surface area contributed by atoms with Gasteiger partial charge in [-0.1, -0.05) is 60.4 Å². The molecule has 2 heteroatoms. The lowest BCUT2D eigenvalue weighted by atomic mass is 9.98. The monoisotopic (exact) mass is 413 g/mol. The van der Waals surface area contributed by atoms with E-state index in [0.29, 0.717) is 12.2 Å². The minimum Gasteiger partial charge on any atom is -0.508 e. The number of aromatic nitrogens is 1. The van der Waals surface area contributed by atoms with Crippen molar-refractivity contribution in [2.45, 2.75) is 12.8 Å². The molecule has 1 aromatic heterocycles. The lowest BCUT2D eigenvalue weighted by Gasteiger charge is -2.09. The quantitative estimate of drug-likeness (QED) is 0.333. The van der Waals surface area contributed by atoms with Crippen LogP contribution in [0.4, 0.5) is 0 Å². The highest BCUT2D eigenvalue weighted by Gasteiger charge is 2.07. The Balaban J connectivity index is 1.37. The molecule has 1 N–H and O–H groups in total. The van der Waals surface area contributed by atoms with E-state index in [9.17, 15) is 5.11 Å². The van der Waals surface area contributed by atoms with Gasteiger partial charge in [0.25, 0.3) is 0 Å². The van der Waals surface area contributed by atoms with Crippen molar-refractivity contribution in [1.82, 2.24) is 4.57 Å². The van der Waals surface area contributed by atoms with Crippen LogP contribution in [0.3, 0.4) is 0 Å². The van der Waals surface area contributed by atoms with Crippen LogP contribution >= 0.6 is 0 Å². The van der Waals surface area contributed by atoms with Crippen LogP contribution < -0.4 is 0 Å². The molecule has 0 bridgehead atoms. The summed E-state index contributed by atoms with van der Waals surface area (Å²) in [7, 11) is 0. The minimum absolute atomic E-state index is 0.329. The van der Waals surface area contributed by atoms with E-state index in [1.165, 1.54) is 5.56 Å². The summed E-state index contributed by atoms with van der Waals surface area (Å²) in [5, 5.41) is 12.7. The standard InChI is InChI=1S/C30H23NO/c32-30-22-26-14-11-24(10-6-9-23-7-2-1-3-8-23)19-27(26)21-28(30)20-25-12-15-29(16-13-25)31-17-4-5-18-31/h1-5,7-8,11-19,21-22,32H,9,20H2. The third-order valence-corrected chi connectivity index (χ3v) is 5.64. The molecular formula is C30H23NO. The number of hydrogen-bond acceptors (Lipinski definition) is 1. The molecule has 4 aromatic carbocycles. The summed E-state index contributed by atoms with van der Waals surface area (Å²) in [6.45, 7) is 0. The van der Waals surface area contributed by atoms with Gasteiger partial charge in [-0.3, -0.25) is 0 Å². The second kappa shape index (κ2) is 8.88. The molecule has 0 unspecified atom stereocenters. The summed E-state index contributed by atoms with van der Waals surface area (Å²) in [5.74, 6) is 6.87. The second-order valence-electron chi connectivity index (χ2n) is 7.94. The number of hydrogen-bond donors (Lipinski definition) is 1. The zero-order valence-corrected chi connectivity index (χ0v) is 17.7. The predicted molar refractivity (Wildman–Crippen MR) is 131 cm³/mol. The van der Waals surface area contributed by atoms with Crippen molar-refractivity contribution in [1.29, 1.82) is 0 Å². The van der Waals surface area contributed by atoms with E-state index in [-0.39, 0.29) is 0 Å². The first-order valence-electron chi connectivity index (χ1n) is 10.8. The molecule has 0 fully saturated rings. The van der Waals surface area contributed by atoms with Crippen LogP contribution in [-0.4, -0.2) is 9.67 Å². The first kappa shape index (κ1) is 19.7. The van der Waals surface area contributed by atoms with Gasteiger partial charge >= 0.3 is 0 Å². The number of nitrogens with zero attached hydrogens (tertiary/aromatic N) is 1. The van der Waals surface area contributed by atoms with Gasteiger partial charge in [0.05, 0.1) is 0 Å². The fourth-order valence-electron chi connectivity index (χ4n) is 3.91. The largest absolute Gasteiger partial charge is 0.508 e. The highest BCUT2D eigenvalue weighted by Crippen LogP contribution is 2.28. The Kier molecular flexibility index (Phi) is 5.47. The van der Waals surface area contributed by atoms with Crippen molar-refractivity contribution in [3.05, 3.63) is 132 Å². The van der Waals surface area contributed by atoms with Gasteiger partial charge in [0.15, 0.2) is 0 Å². The maximum Gasteiger partial charge on any atom is 0.119 e. The molecule has 0 aliphatic rings. The Morgan fingerprint density at radius 2 is 1.47 bits per heavy atom. The summed E-state index contributed by atoms with van der Waals surface area (Å²) in [6.07, 6.45) is 5.48. The van der Waals surface area contributed by atoms with E-state index in [1.807, 2.05) is 60.9 Å². The molecule has 0 aliphatic carbocycles. The Labute approximate surface area is 188 Å².